The number of hydrogen-bond acceptors (Lipinski definition) is 2. The molecule has 10 heavy (non-hydrogen) atoms. The van der Waals surface area contributed by atoms with Gasteiger partial charge in [-0.05, 0) is 37.4 Å². The smallest absolute Gasteiger partial charge is 0.145 e. The van der Waals surface area contributed by atoms with Crippen LogP contribution in [0.25, 0.3) is 0 Å². The minimum atomic E-state index is 0.443. The number of hydrogen-bond donors (Lipinski definition) is 1. The van der Waals surface area contributed by atoms with Crippen molar-refractivity contribution < 1.29 is 4.79 Å². The highest BCUT2D eigenvalue weighted by molar-refractivity contribution is 5.72. The van der Waals surface area contributed by atoms with Crippen LogP contribution in [0.1, 0.15) is 12.8 Å². The minimum Gasteiger partial charge on any atom is -0.317 e. The monoisotopic (exact) mass is 139 g/mol. The number of allylic oxidation sites excluding steroid dienone is 1. The number of piperidine rings is 1. The maximum atomic E-state index is 10.3. The lowest BCUT2D eigenvalue weighted by molar-refractivity contribution is -0.105. The third kappa shape index (κ3) is 1.67. The van der Waals surface area contributed by atoms with Crippen LogP contribution in [0.15, 0.2) is 12.2 Å². The van der Waals surface area contributed by atoms with E-state index in [1.165, 1.54) is 0 Å². The molecule has 56 valence electrons. The summed E-state index contributed by atoms with van der Waals surface area (Å²) in [4.78, 5) is 10.3. The van der Waals surface area contributed by atoms with Gasteiger partial charge in [0.2, 0.25) is 0 Å². The number of nitrogens with one attached hydrogen (secondary N) is 1. The molecule has 0 radical (unpaired) electrons. The highest BCUT2D eigenvalue weighted by atomic mass is 16.1. The zero-order valence-electron chi connectivity index (χ0n) is 6.10. The fourth-order valence-corrected chi connectivity index (χ4v) is 1.29. The van der Waals surface area contributed by atoms with E-state index in [0.717, 1.165) is 37.8 Å². The summed E-state index contributed by atoms with van der Waals surface area (Å²) in [6.07, 6.45) is 3.02. The van der Waals surface area contributed by atoms with Gasteiger partial charge in [-0.1, -0.05) is 6.58 Å². The third-order valence-corrected chi connectivity index (χ3v) is 2.01. The first-order chi connectivity index (χ1) is 4.84. The summed E-state index contributed by atoms with van der Waals surface area (Å²) in [7, 11) is 0. The van der Waals surface area contributed by atoms with E-state index in [9.17, 15) is 4.79 Å². The van der Waals surface area contributed by atoms with Crippen molar-refractivity contribution in [2.45, 2.75) is 12.8 Å². The summed E-state index contributed by atoms with van der Waals surface area (Å²) < 4.78 is 0. The number of aldehydes is 1. The van der Waals surface area contributed by atoms with Gasteiger partial charge in [-0.25, -0.2) is 0 Å². The highest BCUT2D eigenvalue weighted by Gasteiger charge is 2.14. The second-order valence-electron chi connectivity index (χ2n) is 2.72. The largest absolute Gasteiger partial charge is 0.317 e. The Morgan fingerprint density at radius 3 is 2.60 bits per heavy atom. The molecule has 1 fully saturated rings. The molecule has 2 nitrogen and oxygen atoms in total. The Labute approximate surface area is 61.3 Å². The molecule has 0 unspecified atom stereocenters. The van der Waals surface area contributed by atoms with E-state index in [4.69, 9.17) is 0 Å². The van der Waals surface area contributed by atoms with Crippen molar-refractivity contribution in [2.24, 2.45) is 5.92 Å². The minimum absolute atomic E-state index is 0.443. The van der Waals surface area contributed by atoms with Crippen molar-refractivity contribution in [2.75, 3.05) is 13.1 Å². The second-order valence-corrected chi connectivity index (χ2v) is 2.72. The molecular weight excluding hydrogens is 126 g/mol. The van der Waals surface area contributed by atoms with Gasteiger partial charge in [-0.2, -0.15) is 0 Å². The molecule has 0 aromatic carbocycles. The molecule has 0 amide bonds. The van der Waals surface area contributed by atoms with Crippen LogP contribution in [0.2, 0.25) is 0 Å². The van der Waals surface area contributed by atoms with Crippen LogP contribution in [0, 0.1) is 5.92 Å². The molecule has 1 aliphatic heterocycles. The van der Waals surface area contributed by atoms with Crippen LogP contribution >= 0.6 is 0 Å². The summed E-state index contributed by atoms with van der Waals surface area (Å²) in [6, 6.07) is 0. The van der Waals surface area contributed by atoms with Crippen molar-refractivity contribution in [1.29, 1.82) is 0 Å². The van der Waals surface area contributed by atoms with Crippen molar-refractivity contribution in [3.05, 3.63) is 12.2 Å². The van der Waals surface area contributed by atoms with Gasteiger partial charge in [-0.3, -0.25) is 4.79 Å². The predicted octanol–water partition coefficient (Wildman–Crippen LogP) is 0.741. The molecule has 0 aromatic rings. The van der Waals surface area contributed by atoms with Gasteiger partial charge in [0, 0.05) is 0 Å². The average molecular weight is 139 g/mol. The Morgan fingerprint density at radius 1 is 1.50 bits per heavy atom. The van der Waals surface area contributed by atoms with Crippen LogP contribution in [0.5, 0.6) is 0 Å². The second kappa shape index (κ2) is 3.52. The lowest BCUT2D eigenvalue weighted by Crippen LogP contribution is -2.28. The van der Waals surface area contributed by atoms with Crippen molar-refractivity contribution in [3.8, 4) is 0 Å². The topological polar surface area (TPSA) is 29.1 Å². The van der Waals surface area contributed by atoms with E-state index in [0.29, 0.717) is 5.92 Å². The Hall–Kier alpha value is -0.630. The average Bonchev–Trinajstić information content (AvgIpc) is 2.05. The molecule has 1 rings (SSSR count). The summed E-state index contributed by atoms with van der Waals surface area (Å²) in [5.41, 5.74) is 0.765. The SMILES string of the molecule is C=C(C=O)C1CCNCC1. The molecule has 0 aliphatic carbocycles. The summed E-state index contributed by atoms with van der Waals surface area (Å²) in [5.74, 6) is 0.443. The fourth-order valence-electron chi connectivity index (χ4n) is 1.29. The van der Waals surface area contributed by atoms with Crippen LogP contribution in [-0.2, 0) is 4.79 Å². The quantitative estimate of drug-likeness (QED) is 0.451. The normalized spacial score (nSPS) is 20.4. The molecule has 1 N–H and O–H groups in total. The van der Waals surface area contributed by atoms with E-state index in [1.807, 2.05) is 0 Å². The molecule has 1 aliphatic rings. The Morgan fingerprint density at radius 2 is 2.10 bits per heavy atom. The first-order valence-corrected chi connectivity index (χ1v) is 3.69. The van der Waals surface area contributed by atoms with E-state index in [-0.39, 0.29) is 0 Å². The predicted molar refractivity (Wildman–Crippen MR) is 40.8 cm³/mol. The van der Waals surface area contributed by atoms with Gasteiger partial charge < -0.3 is 5.32 Å². The molecule has 0 aromatic heterocycles. The Kier molecular flexibility index (Phi) is 2.63. The molecule has 1 saturated heterocycles. The standard InChI is InChI=1S/C8H13NO/c1-7(6-10)8-2-4-9-5-3-8/h6,8-9H,1-5H2. The molecule has 2 heteroatoms. The molecule has 0 spiro atoms. The molecule has 1 heterocycles. The highest BCUT2D eigenvalue weighted by Crippen LogP contribution is 2.17. The van der Waals surface area contributed by atoms with Gasteiger partial charge in [0.25, 0.3) is 0 Å². The zero-order valence-corrected chi connectivity index (χ0v) is 6.10. The van der Waals surface area contributed by atoms with E-state index in [2.05, 4.69) is 11.9 Å². The molecule has 0 atom stereocenters. The summed E-state index contributed by atoms with van der Waals surface area (Å²) in [6.45, 7) is 5.75. The lowest BCUT2D eigenvalue weighted by atomic mass is 9.92. The van der Waals surface area contributed by atoms with Crippen LogP contribution in [0.3, 0.4) is 0 Å². The summed E-state index contributed by atoms with van der Waals surface area (Å²) in [5, 5.41) is 3.24. The maximum Gasteiger partial charge on any atom is 0.145 e. The lowest BCUT2D eigenvalue weighted by Gasteiger charge is -2.21. The van der Waals surface area contributed by atoms with Crippen LogP contribution < -0.4 is 5.32 Å². The summed E-state index contributed by atoms with van der Waals surface area (Å²) >= 11 is 0. The van der Waals surface area contributed by atoms with Crippen molar-refractivity contribution in [3.63, 3.8) is 0 Å². The van der Waals surface area contributed by atoms with Gasteiger partial charge in [0.15, 0.2) is 0 Å². The van der Waals surface area contributed by atoms with Gasteiger partial charge >= 0.3 is 0 Å². The zero-order chi connectivity index (χ0) is 7.40. The first-order valence-electron chi connectivity index (χ1n) is 3.69. The molecule has 0 saturated carbocycles. The third-order valence-electron chi connectivity index (χ3n) is 2.01. The maximum absolute atomic E-state index is 10.3. The number of rotatable bonds is 2. The Bertz CT molecular complexity index is 136. The fraction of sp³-hybridized carbons (Fsp3) is 0.625. The Balaban J connectivity index is 2.38. The van der Waals surface area contributed by atoms with Gasteiger partial charge in [0.1, 0.15) is 6.29 Å². The van der Waals surface area contributed by atoms with Gasteiger partial charge in [-0.15, -0.1) is 0 Å². The van der Waals surface area contributed by atoms with Crippen molar-refractivity contribution >= 4 is 6.29 Å². The van der Waals surface area contributed by atoms with E-state index < -0.39 is 0 Å². The molecule has 0 bridgehead atoms. The van der Waals surface area contributed by atoms with Crippen LogP contribution in [0.4, 0.5) is 0 Å². The van der Waals surface area contributed by atoms with Crippen molar-refractivity contribution in [1.82, 2.24) is 5.32 Å². The number of carbonyl (C=O) groups is 1. The number of carbonyl (C=O) groups excluding carboxylic acids is 1. The van der Waals surface area contributed by atoms with E-state index >= 15 is 0 Å². The first kappa shape index (κ1) is 7.48. The van der Waals surface area contributed by atoms with Gasteiger partial charge in [0.05, 0.1) is 0 Å². The van der Waals surface area contributed by atoms with E-state index in [1.54, 1.807) is 0 Å². The van der Waals surface area contributed by atoms with Crippen LogP contribution in [-0.4, -0.2) is 19.4 Å². The molecular formula is C8H13NO.